The number of hydrogen-bond donors (Lipinski definition) is 1. The van der Waals surface area contributed by atoms with E-state index in [-0.39, 0.29) is 0 Å². The number of anilines is 1. The van der Waals surface area contributed by atoms with E-state index >= 15 is 0 Å². The topological polar surface area (TPSA) is 55.6 Å². The van der Waals surface area contributed by atoms with E-state index in [0.717, 1.165) is 31.9 Å². The molecule has 1 amide bonds. The van der Waals surface area contributed by atoms with Crippen molar-refractivity contribution in [3.05, 3.63) is 34.9 Å². The Hall–Kier alpha value is -1.81. The number of nitrogens with zero attached hydrogens (tertiary/aromatic N) is 1. The van der Waals surface area contributed by atoms with Crippen molar-refractivity contribution in [3.8, 4) is 0 Å². The van der Waals surface area contributed by atoms with Crippen molar-refractivity contribution >= 4 is 17.7 Å². The molecule has 0 spiro atoms. The van der Waals surface area contributed by atoms with Crippen LogP contribution >= 0.6 is 0 Å². The molecule has 0 unspecified atom stereocenters. The second kappa shape index (κ2) is 5.89. The molecule has 102 valence electrons. The van der Waals surface area contributed by atoms with Crippen LogP contribution in [0.4, 0.5) is 5.69 Å². The van der Waals surface area contributed by atoms with Gasteiger partial charge in [-0.15, -0.1) is 0 Å². The van der Waals surface area contributed by atoms with Crippen molar-refractivity contribution in [2.45, 2.75) is 13.8 Å². The van der Waals surface area contributed by atoms with Crippen LogP contribution in [0.2, 0.25) is 0 Å². The number of nitrogens with two attached hydrogens (primary N) is 1. The smallest absolute Gasteiger partial charge is 0.241 e. The number of hydrogen-bond acceptors (Lipinski definition) is 3. The van der Waals surface area contributed by atoms with E-state index in [1.807, 2.05) is 0 Å². The van der Waals surface area contributed by atoms with Crippen LogP contribution in [0.15, 0.2) is 18.2 Å². The first-order valence-electron chi connectivity index (χ1n) is 6.49. The highest BCUT2D eigenvalue weighted by Gasteiger charge is 2.15. The van der Waals surface area contributed by atoms with Gasteiger partial charge in [0, 0.05) is 24.9 Å². The quantitative estimate of drug-likeness (QED) is 0.841. The SMILES string of the molecule is Cc1cc(/C=C\C(N)=O)cc(C)c1N1CCOCC1. The standard InChI is InChI=1S/C15H20N2O2/c1-11-9-13(3-4-14(16)18)10-12(2)15(11)17-5-7-19-8-6-17/h3-4,9-10H,5-8H2,1-2H3,(H2,16,18)/b4-3-. The number of rotatable bonds is 3. The summed E-state index contributed by atoms with van der Waals surface area (Å²) in [7, 11) is 0. The van der Waals surface area contributed by atoms with Gasteiger partial charge in [0.15, 0.2) is 0 Å². The molecule has 0 atom stereocenters. The second-order valence-electron chi connectivity index (χ2n) is 4.84. The number of carbonyl (C=O) groups excluding carboxylic acids is 1. The van der Waals surface area contributed by atoms with Crippen LogP contribution in [-0.2, 0) is 9.53 Å². The number of aryl methyl sites for hydroxylation is 2. The molecular formula is C15H20N2O2. The molecule has 19 heavy (non-hydrogen) atoms. The first kappa shape index (κ1) is 13.6. The fourth-order valence-corrected chi connectivity index (χ4v) is 2.55. The van der Waals surface area contributed by atoms with Gasteiger partial charge in [-0.2, -0.15) is 0 Å². The van der Waals surface area contributed by atoms with E-state index < -0.39 is 5.91 Å². The van der Waals surface area contributed by atoms with Gasteiger partial charge >= 0.3 is 0 Å². The van der Waals surface area contributed by atoms with Gasteiger partial charge in [0.1, 0.15) is 0 Å². The number of ether oxygens (including phenoxy) is 1. The zero-order valence-electron chi connectivity index (χ0n) is 11.5. The molecule has 0 aromatic heterocycles. The van der Waals surface area contributed by atoms with Gasteiger partial charge in [-0.1, -0.05) is 0 Å². The van der Waals surface area contributed by atoms with Gasteiger partial charge in [-0.3, -0.25) is 4.79 Å². The van der Waals surface area contributed by atoms with E-state index in [0.29, 0.717) is 0 Å². The van der Waals surface area contributed by atoms with Gasteiger partial charge in [-0.25, -0.2) is 0 Å². The highest BCUT2D eigenvalue weighted by molar-refractivity contribution is 5.90. The van der Waals surface area contributed by atoms with Crippen LogP contribution in [0.25, 0.3) is 6.08 Å². The third-order valence-corrected chi connectivity index (χ3v) is 3.28. The monoisotopic (exact) mass is 260 g/mol. The number of morpholine rings is 1. The van der Waals surface area contributed by atoms with E-state index in [1.54, 1.807) is 6.08 Å². The van der Waals surface area contributed by atoms with Crippen molar-refractivity contribution in [2.75, 3.05) is 31.2 Å². The third kappa shape index (κ3) is 3.35. The third-order valence-electron chi connectivity index (χ3n) is 3.28. The van der Waals surface area contributed by atoms with E-state index in [4.69, 9.17) is 10.5 Å². The molecule has 0 saturated carbocycles. The van der Waals surface area contributed by atoms with E-state index in [1.165, 1.54) is 22.9 Å². The molecule has 0 radical (unpaired) electrons. The fraction of sp³-hybridized carbons (Fsp3) is 0.400. The number of benzene rings is 1. The summed E-state index contributed by atoms with van der Waals surface area (Å²) in [5.41, 5.74) is 9.83. The lowest BCUT2D eigenvalue weighted by molar-refractivity contribution is -0.113. The van der Waals surface area contributed by atoms with Gasteiger partial charge in [0.05, 0.1) is 13.2 Å². The summed E-state index contributed by atoms with van der Waals surface area (Å²) >= 11 is 0. The molecule has 1 fully saturated rings. The predicted octanol–water partition coefficient (Wildman–Crippen LogP) is 1.64. The molecule has 4 heteroatoms. The maximum absolute atomic E-state index is 10.8. The molecular weight excluding hydrogens is 240 g/mol. The number of primary amides is 1. The Labute approximate surface area is 113 Å². The first-order valence-corrected chi connectivity index (χ1v) is 6.49. The minimum absolute atomic E-state index is 0.424. The Morgan fingerprint density at radius 3 is 2.37 bits per heavy atom. The molecule has 1 aliphatic heterocycles. The van der Waals surface area contributed by atoms with Gasteiger partial charge in [0.25, 0.3) is 0 Å². The normalized spacial score (nSPS) is 16.0. The van der Waals surface area contributed by atoms with Crippen LogP contribution in [0, 0.1) is 13.8 Å². The van der Waals surface area contributed by atoms with Gasteiger partial charge < -0.3 is 15.4 Å². The van der Waals surface area contributed by atoms with Gasteiger partial charge in [0.2, 0.25) is 5.91 Å². The lowest BCUT2D eigenvalue weighted by atomic mass is 10.0. The molecule has 1 aromatic rings. The first-order chi connectivity index (χ1) is 9.08. The number of amides is 1. The van der Waals surface area contributed by atoms with Gasteiger partial charge in [-0.05, 0) is 48.7 Å². The summed E-state index contributed by atoms with van der Waals surface area (Å²) in [5, 5.41) is 0. The van der Waals surface area contributed by atoms with Crippen LogP contribution < -0.4 is 10.6 Å². The van der Waals surface area contributed by atoms with Crippen molar-refractivity contribution in [1.82, 2.24) is 0 Å². The van der Waals surface area contributed by atoms with Crippen LogP contribution in [-0.4, -0.2) is 32.2 Å². The largest absolute Gasteiger partial charge is 0.378 e. The highest BCUT2D eigenvalue weighted by Crippen LogP contribution is 2.27. The number of carbonyl (C=O) groups is 1. The Bertz CT molecular complexity index is 480. The summed E-state index contributed by atoms with van der Waals surface area (Å²) in [6, 6.07) is 4.16. The molecule has 0 bridgehead atoms. The lowest BCUT2D eigenvalue weighted by Gasteiger charge is -2.31. The van der Waals surface area contributed by atoms with Crippen LogP contribution in [0.3, 0.4) is 0 Å². The minimum atomic E-state index is -0.424. The molecule has 0 aliphatic carbocycles. The summed E-state index contributed by atoms with van der Waals surface area (Å²) < 4.78 is 5.39. The molecule has 1 heterocycles. The highest BCUT2D eigenvalue weighted by atomic mass is 16.5. The second-order valence-corrected chi connectivity index (χ2v) is 4.84. The Kier molecular flexibility index (Phi) is 4.22. The van der Waals surface area contributed by atoms with Crippen molar-refractivity contribution in [2.24, 2.45) is 5.73 Å². The average Bonchev–Trinajstić information content (AvgIpc) is 2.37. The Balaban J connectivity index is 2.28. The summed E-state index contributed by atoms with van der Waals surface area (Å²) in [4.78, 5) is 13.1. The van der Waals surface area contributed by atoms with E-state index in [9.17, 15) is 4.79 Å². The Morgan fingerprint density at radius 2 is 1.84 bits per heavy atom. The Morgan fingerprint density at radius 1 is 1.26 bits per heavy atom. The van der Waals surface area contributed by atoms with Crippen molar-refractivity contribution < 1.29 is 9.53 Å². The summed E-state index contributed by atoms with van der Waals surface area (Å²) in [6.45, 7) is 7.61. The molecule has 2 N–H and O–H groups in total. The zero-order valence-corrected chi connectivity index (χ0v) is 11.5. The zero-order chi connectivity index (χ0) is 13.8. The molecule has 1 aliphatic rings. The maximum Gasteiger partial charge on any atom is 0.241 e. The molecule has 1 saturated heterocycles. The van der Waals surface area contributed by atoms with Crippen LogP contribution in [0.1, 0.15) is 16.7 Å². The fourth-order valence-electron chi connectivity index (χ4n) is 2.55. The summed E-state index contributed by atoms with van der Waals surface area (Å²) in [6.07, 6.45) is 3.15. The van der Waals surface area contributed by atoms with Crippen LogP contribution in [0.5, 0.6) is 0 Å². The average molecular weight is 260 g/mol. The molecule has 1 aromatic carbocycles. The lowest BCUT2D eigenvalue weighted by Crippen LogP contribution is -2.37. The maximum atomic E-state index is 10.8. The predicted molar refractivity (Wildman–Crippen MR) is 77.2 cm³/mol. The van der Waals surface area contributed by atoms with E-state index in [2.05, 4.69) is 30.9 Å². The molecule has 2 rings (SSSR count). The van der Waals surface area contributed by atoms with Crippen molar-refractivity contribution in [1.29, 1.82) is 0 Å². The summed E-state index contributed by atoms with van der Waals surface area (Å²) in [5.74, 6) is -0.424. The van der Waals surface area contributed by atoms with Crippen molar-refractivity contribution in [3.63, 3.8) is 0 Å². The minimum Gasteiger partial charge on any atom is -0.378 e. The molecule has 4 nitrogen and oxygen atoms in total.